The fraction of sp³-hybridized carbons (Fsp3) is 0.231. The number of nitrogens with zero attached hydrogens (tertiary/aromatic N) is 2. The summed E-state index contributed by atoms with van der Waals surface area (Å²) >= 11 is 0. The number of benzene rings is 1. The summed E-state index contributed by atoms with van der Waals surface area (Å²) in [4.78, 5) is 2.20. The largest absolute Gasteiger partial charge is 0.369 e. The summed E-state index contributed by atoms with van der Waals surface area (Å²) in [7, 11) is 3.94. The average Bonchev–Trinajstić information content (AvgIpc) is 2.29. The first-order chi connectivity index (χ1) is 7.70. The first kappa shape index (κ1) is 10.8. The van der Waals surface area contributed by atoms with Crippen LogP contribution in [-0.2, 0) is 0 Å². The Labute approximate surface area is 96.4 Å². The van der Waals surface area contributed by atoms with Crippen molar-refractivity contribution in [3.05, 3.63) is 53.7 Å². The molecule has 0 unspecified atom stereocenters. The molecule has 0 aromatic heterocycles. The van der Waals surface area contributed by atoms with Crippen LogP contribution >= 0.6 is 0 Å². The Morgan fingerprint density at radius 1 is 1.25 bits per heavy atom. The Hall–Kier alpha value is -1.74. The van der Waals surface area contributed by atoms with Gasteiger partial charge < -0.3 is 9.91 Å². The lowest BCUT2D eigenvalue weighted by Gasteiger charge is -2.30. The normalized spacial score (nSPS) is 15.6. The first-order valence-corrected chi connectivity index (χ1v) is 5.36. The van der Waals surface area contributed by atoms with Gasteiger partial charge in [0.15, 0.2) is 0 Å². The van der Waals surface area contributed by atoms with E-state index in [1.807, 2.05) is 25.2 Å². The molecule has 0 saturated carbocycles. The molecule has 0 fully saturated rings. The molecule has 1 heterocycles. The van der Waals surface area contributed by atoms with Crippen LogP contribution in [0.3, 0.4) is 0 Å². The predicted octanol–water partition coefficient (Wildman–Crippen LogP) is 1.66. The Bertz CT molecular complexity index is 418. The zero-order valence-electron chi connectivity index (χ0n) is 9.72. The monoisotopic (exact) mass is 215 g/mol. The topological polar surface area (TPSA) is 32.5 Å². The van der Waals surface area contributed by atoms with Gasteiger partial charge in [-0.25, -0.2) is 5.84 Å². The molecule has 1 aromatic rings. The molecular formula is C13H17N3. The highest BCUT2D eigenvalue weighted by Crippen LogP contribution is 2.25. The van der Waals surface area contributed by atoms with E-state index in [1.54, 1.807) is 5.01 Å². The van der Waals surface area contributed by atoms with Gasteiger partial charge in [0, 0.05) is 20.6 Å². The highest BCUT2D eigenvalue weighted by atomic mass is 15.4. The Morgan fingerprint density at radius 3 is 2.56 bits per heavy atom. The maximum Gasteiger partial charge on any atom is 0.0751 e. The van der Waals surface area contributed by atoms with Crippen molar-refractivity contribution >= 4 is 5.70 Å². The molecule has 2 N–H and O–H groups in total. The molecule has 16 heavy (non-hydrogen) atoms. The van der Waals surface area contributed by atoms with E-state index < -0.39 is 0 Å². The molecule has 2 rings (SSSR count). The lowest BCUT2D eigenvalue weighted by Crippen LogP contribution is -2.31. The van der Waals surface area contributed by atoms with E-state index in [2.05, 4.69) is 36.2 Å². The lowest BCUT2D eigenvalue weighted by atomic mass is 10.1. The van der Waals surface area contributed by atoms with Crippen molar-refractivity contribution in [2.45, 2.75) is 0 Å². The van der Waals surface area contributed by atoms with E-state index in [9.17, 15) is 0 Å². The second-order valence-electron chi connectivity index (χ2n) is 3.99. The second-order valence-corrected chi connectivity index (χ2v) is 3.99. The summed E-state index contributed by atoms with van der Waals surface area (Å²) in [6, 6.07) is 10.3. The van der Waals surface area contributed by atoms with Crippen molar-refractivity contribution in [2.24, 2.45) is 5.84 Å². The standard InChI is InChI=1S/C13H17N3/c1-15-10-6-9-12(16(2)14)13(15)11-7-4-3-5-8-11/h3-9H,10,14H2,1-2H3. The molecular weight excluding hydrogens is 198 g/mol. The van der Waals surface area contributed by atoms with Gasteiger partial charge in [-0.2, -0.15) is 0 Å². The van der Waals surface area contributed by atoms with E-state index in [1.165, 1.54) is 11.3 Å². The van der Waals surface area contributed by atoms with E-state index in [0.717, 1.165) is 12.2 Å². The highest BCUT2D eigenvalue weighted by molar-refractivity contribution is 5.70. The zero-order chi connectivity index (χ0) is 11.5. The molecule has 0 atom stereocenters. The summed E-state index contributed by atoms with van der Waals surface area (Å²) in [6.45, 7) is 0.918. The Morgan fingerprint density at radius 2 is 1.94 bits per heavy atom. The lowest BCUT2D eigenvalue weighted by molar-refractivity contribution is 0.428. The Balaban J connectivity index is 2.52. The quantitative estimate of drug-likeness (QED) is 0.601. The SMILES string of the molecule is CN(N)C1=C(c2ccccc2)N(C)CC=C1. The van der Waals surface area contributed by atoms with Gasteiger partial charge in [0.2, 0.25) is 0 Å². The molecule has 3 nitrogen and oxygen atoms in total. The zero-order valence-corrected chi connectivity index (χ0v) is 9.72. The number of hydrazine groups is 1. The smallest absolute Gasteiger partial charge is 0.0751 e. The third kappa shape index (κ3) is 1.95. The minimum atomic E-state index is 0.918. The third-order valence-corrected chi connectivity index (χ3v) is 2.71. The van der Waals surface area contributed by atoms with Crippen molar-refractivity contribution in [3.63, 3.8) is 0 Å². The molecule has 0 radical (unpaired) electrons. The van der Waals surface area contributed by atoms with Crippen molar-refractivity contribution in [3.8, 4) is 0 Å². The molecule has 1 aromatic carbocycles. The Kier molecular flexibility index (Phi) is 2.97. The summed E-state index contributed by atoms with van der Waals surface area (Å²) in [6.07, 6.45) is 4.19. The van der Waals surface area contributed by atoms with Gasteiger partial charge in [0.05, 0.1) is 11.4 Å². The average molecular weight is 215 g/mol. The summed E-state index contributed by atoms with van der Waals surface area (Å²) < 4.78 is 0. The molecule has 3 heteroatoms. The van der Waals surface area contributed by atoms with Crippen LogP contribution in [0.4, 0.5) is 0 Å². The maximum atomic E-state index is 5.85. The van der Waals surface area contributed by atoms with Crippen LogP contribution < -0.4 is 5.84 Å². The third-order valence-electron chi connectivity index (χ3n) is 2.71. The van der Waals surface area contributed by atoms with E-state index in [0.29, 0.717) is 0 Å². The van der Waals surface area contributed by atoms with Crippen molar-refractivity contribution in [1.29, 1.82) is 0 Å². The number of rotatable bonds is 2. The molecule has 0 spiro atoms. The molecule has 1 aliphatic rings. The fourth-order valence-corrected chi connectivity index (χ4v) is 1.94. The van der Waals surface area contributed by atoms with Gasteiger partial charge in [-0.1, -0.05) is 36.4 Å². The van der Waals surface area contributed by atoms with Crippen molar-refractivity contribution in [1.82, 2.24) is 9.91 Å². The van der Waals surface area contributed by atoms with Crippen molar-refractivity contribution < 1.29 is 0 Å². The van der Waals surface area contributed by atoms with Crippen LogP contribution in [0.25, 0.3) is 5.70 Å². The van der Waals surface area contributed by atoms with Gasteiger partial charge >= 0.3 is 0 Å². The van der Waals surface area contributed by atoms with Gasteiger partial charge in [-0.05, 0) is 11.6 Å². The number of nitrogens with two attached hydrogens (primary N) is 1. The van der Waals surface area contributed by atoms with E-state index in [-0.39, 0.29) is 0 Å². The van der Waals surface area contributed by atoms with Gasteiger partial charge in [-0.3, -0.25) is 0 Å². The number of hydrogen-bond acceptors (Lipinski definition) is 3. The van der Waals surface area contributed by atoms with Gasteiger partial charge in [0.25, 0.3) is 0 Å². The van der Waals surface area contributed by atoms with Crippen LogP contribution in [0.5, 0.6) is 0 Å². The minimum Gasteiger partial charge on any atom is -0.369 e. The second kappa shape index (κ2) is 4.41. The number of hydrogen-bond donors (Lipinski definition) is 1. The van der Waals surface area contributed by atoms with Crippen molar-refractivity contribution in [2.75, 3.05) is 20.6 Å². The predicted molar refractivity (Wildman–Crippen MR) is 67.1 cm³/mol. The molecule has 0 aliphatic carbocycles. The fourth-order valence-electron chi connectivity index (χ4n) is 1.94. The number of likely N-dealkylation sites (N-methyl/N-ethyl adjacent to an activating group) is 2. The minimum absolute atomic E-state index is 0.918. The van der Waals surface area contributed by atoms with Crippen LogP contribution in [0, 0.1) is 0 Å². The maximum absolute atomic E-state index is 5.85. The van der Waals surface area contributed by atoms with E-state index in [4.69, 9.17) is 5.84 Å². The number of allylic oxidation sites excluding steroid dienone is 1. The molecule has 0 saturated heterocycles. The van der Waals surface area contributed by atoms with Crippen LogP contribution in [-0.4, -0.2) is 30.5 Å². The summed E-state index contributed by atoms with van der Waals surface area (Å²) in [5.74, 6) is 5.85. The first-order valence-electron chi connectivity index (χ1n) is 5.36. The van der Waals surface area contributed by atoms with E-state index >= 15 is 0 Å². The summed E-state index contributed by atoms with van der Waals surface area (Å²) in [5.41, 5.74) is 3.41. The summed E-state index contributed by atoms with van der Waals surface area (Å²) in [5, 5.41) is 1.66. The molecule has 0 amide bonds. The highest BCUT2D eigenvalue weighted by Gasteiger charge is 2.16. The molecule has 0 bridgehead atoms. The van der Waals surface area contributed by atoms with Gasteiger partial charge in [-0.15, -0.1) is 0 Å². The van der Waals surface area contributed by atoms with Crippen LogP contribution in [0.1, 0.15) is 5.56 Å². The molecule has 84 valence electrons. The van der Waals surface area contributed by atoms with Crippen LogP contribution in [0.15, 0.2) is 48.2 Å². The van der Waals surface area contributed by atoms with Gasteiger partial charge in [0.1, 0.15) is 0 Å². The molecule has 1 aliphatic heterocycles. The van der Waals surface area contributed by atoms with Crippen LogP contribution in [0.2, 0.25) is 0 Å².